The first-order chi connectivity index (χ1) is 11.2. The number of benzene rings is 1. The van der Waals surface area contributed by atoms with Crippen LogP contribution in [0.5, 0.6) is 0 Å². The van der Waals surface area contributed by atoms with Crippen LogP contribution in [0.3, 0.4) is 0 Å². The van der Waals surface area contributed by atoms with Crippen molar-refractivity contribution in [3.8, 4) is 0 Å². The molecule has 0 saturated carbocycles. The van der Waals surface area contributed by atoms with Gasteiger partial charge in [0.25, 0.3) is 0 Å². The minimum atomic E-state index is -4.36. The number of carbonyl (C=O) groups is 1. The van der Waals surface area contributed by atoms with Crippen LogP contribution in [0.2, 0.25) is 0 Å². The third kappa shape index (κ3) is 6.51. The van der Waals surface area contributed by atoms with Crippen LogP contribution in [0, 0.1) is 5.92 Å². The standard InChI is InChI=1S/C18H25F3N2O.ClH/c1-17(2,14-4-3-5-15(10-14)18(19,20)21)12-23-16(24)7-6-13-8-9-22-11-13;/h3-5,10,13,22H,6-9,11-12H2,1-2H3,(H,23,24);1H. The Kier molecular flexibility index (Phi) is 7.75. The lowest BCUT2D eigenvalue weighted by molar-refractivity contribution is -0.137. The zero-order valence-electron chi connectivity index (χ0n) is 14.6. The Morgan fingerprint density at radius 3 is 2.56 bits per heavy atom. The molecule has 1 aliphatic heterocycles. The smallest absolute Gasteiger partial charge is 0.355 e. The third-order valence-corrected chi connectivity index (χ3v) is 4.64. The molecule has 1 aromatic carbocycles. The van der Waals surface area contributed by atoms with Gasteiger partial charge in [-0.15, -0.1) is 12.4 Å². The van der Waals surface area contributed by atoms with E-state index in [1.807, 2.05) is 13.8 Å². The summed E-state index contributed by atoms with van der Waals surface area (Å²) in [5.74, 6) is 0.508. The van der Waals surface area contributed by atoms with Crippen LogP contribution in [0.15, 0.2) is 24.3 Å². The number of rotatable bonds is 6. The fourth-order valence-corrected chi connectivity index (χ4v) is 2.92. The highest BCUT2D eigenvalue weighted by Crippen LogP contribution is 2.32. The second kappa shape index (κ2) is 8.90. The summed E-state index contributed by atoms with van der Waals surface area (Å²) < 4.78 is 38.5. The largest absolute Gasteiger partial charge is 0.416 e. The van der Waals surface area contributed by atoms with Gasteiger partial charge in [0.2, 0.25) is 5.91 Å². The van der Waals surface area contributed by atoms with E-state index in [0.29, 0.717) is 24.4 Å². The molecule has 1 atom stereocenters. The average Bonchev–Trinajstić information content (AvgIpc) is 3.04. The van der Waals surface area contributed by atoms with E-state index >= 15 is 0 Å². The summed E-state index contributed by atoms with van der Waals surface area (Å²) in [6, 6.07) is 5.31. The highest BCUT2D eigenvalue weighted by atomic mass is 35.5. The summed E-state index contributed by atoms with van der Waals surface area (Å²) in [5.41, 5.74) is -0.656. The molecular formula is C18H26ClF3N2O. The van der Waals surface area contributed by atoms with Crippen molar-refractivity contribution in [2.45, 2.75) is 44.7 Å². The highest BCUT2D eigenvalue weighted by molar-refractivity contribution is 5.85. The van der Waals surface area contributed by atoms with E-state index in [0.717, 1.165) is 38.1 Å². The van der Waals surface area contributed by atoms with Gasteiger partial charge in [-0.3, -0.25) is 4.79 Å². The first-order valence-corrected chi connectivity index (χ1v) is 8.33. The lowest BCUT2D eigenvalue weighted by atomic mass is 9.83. The van der Waals surface area contributed by atoms with E-state index < -0.39 is 17.2 Å². The van der Waals surface area contributed by atoms with Crippen LogP contribution >= 0.6 is 12.4 Å². The molecule has 1 unspecified atom stereocenters. The number of nitrogens with one attached hydrogen (secondary N) is 2. The number of carbonyl (C=O) groups excluding carboxylic acids is 1. The molecule has 0 aromatic heterocycles. The van der Waals surface area contributed by atoms with Crippen LogP contribution in [-0.2, 0) is 16.4 Å². The van der Waals surface area contributed by atoms with Crippen molar-refractivity contribution < 1.29 is 18.0 Å². The van der Waals surface area contributed by atoms with E-state index in [-0.39, 0.29) is 18.3 Å². The molecular weight excluding hydrogens is 353 g/mol. The maximum absolute atomic E-state index is 12.8. The fourth-order valence-electron chi connectivity index (χ4n) is 2.92. The summed E-state index contributed by atoms with van der Waals surface area (Å²) in [7, 11) is 0. The summed E-state index contributed by atoms with van der Waals surface area (Å²) in [4.78, 5) is 12.0. The summed E-state index contributed by atoms with van der Waals surface area (Å²) >= 11 is 0. The van der Waals surface area contributed by atoms with Crippen molar-refractivity contribution in [2.75, 3.05) is 19.6 Å². The molecule has 25 heavy (non-hydrogen) atoms. The molecule has 1 saturated heterocycles. The summed E-state index contributed by atoms with van der Waals surface area (Å²) in [6.45, 7) is 5.96. The topological polar surface area (TPSA) is 41.1 Å². The Hall–Kier alpha value is -1.27. The molecule has 0 spiro atoms. The van der Waals surface area contributed by atoms with E-state index in [9.17, 15) is 18.0 Å². The van der Waals surface area contributed by atoms with E-state index in [2.05, 4.69) is 10.6 Å². The molecule has 2 rings (SSSR count). The average molecular weight is 379 g/mol. The molecule has 3 nitrogen and oxygen atoms in total. The van der Waals surface area contributed by atoms with Crippen molar-refractivity contribution >= 4 is 18.3 Å². The lowest BCUT2D eigenvalue weighted by Gasteiger charge is -2.26. The van der Waals surface area contributed by atoms with E-state index in [1.165, 1.54) is 6.07 Å². The molecule has 1 aliphatic rings. The summed E-state index contributed by atoms with van der Waals surface area (Å²) in [6.07, 6.45) is -1.94. The predicted molar refractivity (Wildman–Crippen MR) is 94.9 cm³/mol. The molecule has 1 amide bonds. The number of amides is 1. The molecule has 0 radical (unpaired) electrons. The Morgan fingerprint density at radius 1 is 1.28 bits per heavy atom. The maximum atomic E-state index is 12.8. The maximum Gasteiger partial charge on any atom is 0.416 e. The van der Waals surface area contributed by atoms with Gasteiger partial charge in [0.05, 0.1) is 5.56 Å². The zero-order valence-corrected chi connectivity index (χ0v) is 15.4. The van der Waals surface area contributed by atoms with Gasteiger partial charge >= 0.3 is 6.18 Å². The molecule has 7 heteroatoms. The lowest BCUT2D eigenvalue weighted by Crippen LogP contribution is -2.37. The Balaban J connectivity index is 0.00000312. The predicted octanol–water partition coefficient (Wildman–Crippen LogP) is 3.91. The first kappa shape index (κ1) is 21.8. The zero-order chi connectivity index (χ0) is 17.8. The van der Waals surface area contributed by atoms with Crippen LogP contribution in [-0.4, -0.2) is 25.5 Å². The first-order valence-electron chi connectivity index (χ1n) is 8.33. The van der Waals surface area contributed by atoms with E-state index in [4.69, 9.17) is 0 Å². The van der Waals surface area contributed by atoms with Gasteiger partial charge in [-0.1, -0.05) is 32.0 Å². The summed E-state index contributed by atoms with van der Waals surface area (Å²) in [5, 5.41) is 6.13. The van der Waals surface area contributed by atoms with Gasteiger partial charge in [0.1, 0.15) is 0 Å². The molecule has 0 bridgehead atoms. The van der Waals surface area contributed by atoms with Crippen molar-refractivity contribution in [1.82, 2.24) is 10.6 Å². The second-order valence-corrected chi connectivity index (χ2v) is 7.14. The second-order valence-electron chi connectivity index (χ2n) is 7.14. The molecule has 1 heterocycles. The Bertz CT molecular complexity index is 570. The quantitative estimate of drug-likeness (QED) is 0.788. The van der Waals surface area contributed by atoms with Gasteiger partial charge in [0.15, 0.2) is 0 Å². The Morgan fingerprint density at radius 2 is 1.96 bits per heavy atom. The highest BCUT2D eigenvalue weighted by Gasteiger charge is 2.32. The monoisotopic (exact) mass is 378 g/mol. The van der Waals surface area contributed by atoms with Crippen LogP contribution in [0.1, 0.15) is 44.2 Å². The van der Waals surface area contributed by atoms with Crippen molar-refractivity contribution in [2.24, 2.45) is 5.92 Å². The molecule has 0 aliphatic carbocycles. The van der Waals surface area contributed by atoms with Gasteiger partial charge in [-0.25, -0.2) is 0 Å². The van der Waals surface area contributed by atoms with Crippen molar-refractivity contribution in [1.29, 1.82) is 0 Å². The fraction of sp³-hybridized carbons (Fsp3) is 0.611. The SMILES string of the molecule is CC(C)(CNC(=O)CCC1CCNC1)c1cccc(C(F)(F)F)c1.Cl. The normalized spacial score (nSPS) is 17.9. The van der Waals surface area contributed by atoms with Gasteiger partial charge in [0, 0.05) is 18.4 Å². The van der Waals surface area contributed by atoms with Crippen LogP contribution < -0.4 is 10.6 Å². The van der Waals surface area contributed by atoms with Crippen molar-refractivity contribution in [3.05, 3.63) is 35.4 Å². The third-order valence-electron chi connectivity index (χ3n) is 4.64. The minimum absolute atomic E-state index is 0. The van der Waals surface area contributed by atoms with Crippen LogP contribution in [0.25, 0.3) is 0 Å². The molecule has 2 N–H and O–H groups in total. The number of halogens is 4. The van der Waals surface area contributed by atoms with Crippen LogP contribution in [0.4, 0.5) is 13.2 Å². The van der Waals surface area contributed by atoms with Gasteiger partial charge in [-0.05, 0) is 43.5 Å². The molecule has 142 valence electrons. The molecule has 1 aromatic rings. The molecule has 1 fully saturated rings. The number of alkyl halides is 3. The van der Waals surface area contributed by atoms with Crippen molar-refractivity contribution in [3.63, 3.8) is 0 Å². The minimum Gasteiger partial charge on any atom is -0.355 e. The van der Waals surface area contributed by atoms with Gasteiger partial charge < -0.3 is 10.6 Å². The van der Waals surface area contributed by atoms with Gasteiger partial charge in [-0.2, -0.15) is 13.2 Å². The number of hydrogen-bond donors (Lipinski definition) is 2. The number of hydrogen-bond acceptors (Lipinski definition) is 2. The van der Waals surface area contributed by atoms with E-state index in [1.54, 1.807) is 6.07 Å². The Labute approximate surface area is 153 Å².